The van der Waals surface area contributed by atoms with Gasteiger partial charge in [0.2, 0.25) is 11.9 Å². The molecule has 0 bridgehead atoms. The van der Waals surface area contributed by atoms with Crippen molar-refractivity contribution in [2.45, 2.75) is 18.7 Å². The lowest BCUT2D eigenvalue weighted by Gasteiger charge is -2.47. The number of amides is 1. The number of carbonyl (C=O) groups excluding carboxylic acids is 1. The zero-order chi connectivity index (χ0) is 23.5. The first-order valence-electron chi connectivity index (χ1n) is 10.2. The van der Waals surface area contributed by atoms with E-state index in [1.165, 1.54) is 33.5 Å². The summed E-state index contributed by atoms with van der Waals surface area (Å²) in [5, 5.41) is 0.571. The Kier molecular flexibility index (Phi) is 6.60. The Balaban J connectivity index is 1.71. The van der Waals surface area contributed by atoms with E-state index in [0.717, 1.165) is 11.1 Å². The van der Waals surface area contributed by atoms with Crippen molar-refractivity contribution in [3.8, 4) is 23.0 Å². The molecular weight excluding hydrogens is 449 g/mol. The summed E-state index contributed by atoms with van der Waals surface area (Å²) in [6.45, 7) is 0.293. The molecule has 0 N–H and O–H groups in total. The zero-order valence-corrected chi connectivity index (χ0v) is 19.1. The van der Waals surface area contributed by atoms with Crippen LogP contribution in [-0.2, 0) is 11.3 Å². The number of β-lactam (4-membered cyclic amide) rings is 1. The van der Waals surface area contributed by atoms with E-state index in [2.05, 4.69) is 0 Å². The number of rotatable bonds is 8. The van der Waals surface area contributed by atoms with Crippen molar-refractivity contribution in [3.05, 3.63) is 82.6 Å². The van der Waals surface area contributed by atoms with Crippen molar-refractivity contribution in [1.82, 2.24) is 4.90 Å². The van der Waals surface area contributed by atoms with Crippen molar-refractivity contribution in [3.63, 3.8) is 0 Å². The van der Waals surface area contributed by atoms with E-state index in [1.807, 2.05) is 0 Å². The largest absolute Gasteiger partial charge is 0.493 e. The molecule has 0 aromatic heterocycles. The summed E-state index contributed by atoms with van der Waals surface area (Å²) in [5.41, 5.74) is 1.55. The van der Waals surface area contributed by atoms with Crippen LogP contribution < -0.4 is 18.9 Å². The second-order valence-corrected chi connectivity index (χ2v) is 7.92. The van der Waals surface area contributed by atoms with Crippen molar-refractivity contribution >= 4 is 17.5 Å². The molecule has 0 unspecified atom stereocenters. The molecule has 1 heterocycles. The summed E-state index contributed by atoms with van der Waals surface area (Å²) in [5.74, 6) is 1.40. The van der Waals surface area contributed by atoms with E-state index in [0.29, 0.717) is 34.6 Å². The lowest BCUT2D eigenvalue weighted by atomic mass is 9.89. The summed E-state index contributed by atoms with van der Waals surface area (Å²) in [7, 11) is 4.59. The second-order valence-electron chi connectivity index (χ2n) is 7.49. The number of halogens is 2. The smallest absolute Gasteiger partial charge is 0.267 e. The van der Waals surface area contributed by atoms with Gasteiger partial charge in [-0.15, -0.1) is 0 Å². The van der Waals surface area contributed by atoms with Gasteiger partial charge in [-0.3, -0.25) is 4.79 Å². The van der Waals surface area contributed by atoms with E-state index in [-0.39, 0.29) is 11.7 Å². The minimum atomic E-state index is -0.769. The first-order chi connectivity index (χ1) is 15.9. The molecular formula is C25H23ClFNO5. The fraction of sp³-hybridized carbons (Fsp3) is 0.240. The van der Waals surface area contributed by atoms with Crippen LogP contribution in [0.25, 0.3) is 0 Å². The van der Waals surface area contributed by atoms with Gasteiger partial charge in [-0.25, -0.2) is 4.39 Å². The highest BCUT2D eigenvalue weighted by Gasteiger charge is 2.50. The predicted molar refractivity (Wildman–Crippen MR) is 122 cm³/mol. The third-order valence-electron chi connectivity index (χ3n) is 5.52. The number of carbonyl (C=O) groups is 1. The average molecular weight is 472 g/mol. The lowest BCUT2D eigenvalue weighted by Crippen LogP contribution is -2.60. The summed E-state index contributed by atoms with van der Waals surface area (Å²) in [4.78, 5) is 14.8. The van der Waals surface area contributed by atoms with Crippen LogP contribution in [-0.4, -0.2) is 38.2 Å². The van der Waals surface area contributed by atoms with Gasteiger partial charge in [0.1, 0.15) is 17.6 Å². The number of nitrogens with zero attached hydrogens (tertiary/aromatic N) is 1. The number of benzene rings is 3. The number of hydrogen-bond donors (Lipinski definition) is 0. The molecule has 1 aliphatic rings. The van der Waals surface area contributed by atoms with E-state index < -0.39 is 12.1 Å². The second kappa shape index (κ2) is 9.58. The van der Waals surface area contributed by atoms with Crippen LogP contribution in [0.15, 0.2) is 60.7 Å². The third kappa shape index (κ3) is 4.54. The van der Waals surface area contributed by atoms with Gasteiger partial charge in [0.15, 0.2) is 11.5 Å². The molecule has 0 aliphatic carbocycles. The molecule has 33 heavy (non-hydrogen) atoms. The van der Waals surface area contributed by atoms with Crippen LogP contribution in [0, 0.1) is 5.82 Å². The van der Waals surface area contributed by atoms with Gasteiger partial charge < -0.3 is 23.8 Å². The summed E-state index contributed by atoms with van der Waals surface area (Å²) < 4.78 is 35.8. The van der Waals surface area contributed by atoms with Crippen LogP contribution in [0.3, 0.4) is 0 Å². The number of methoxy groups -OCH3 is 3. The quantitative estimate of drug-likeness (QED) is 0.431. The van der Waals surface area contributed by atoms with Crippen molar-refractivity contribution in [1.29, 1.82) is 0 Å². The van der Waals surface area contributed by atoms with Gasteiger partial charge in [-0.2, -0.15) is 0 Å². The monoisotopic (exact) mass is 471 g/mol. The molecule has 1 aliphatic heterocycles. The maximum atomic E-state index is 13.4. The SMILES string of the molecule is COc1cc([C@H]2[C@H](Oc3ccc(Cl)cc3)C(=O)N2Cc2ccc(F)cc2)cc(OC)c1OC. The Hall–Kier alpha value is -3.45. The predicted octanol–water partition coefficient (Wildman–Crippen LogP) is 5.04. The van der Waals surface area contributed by atoms with Gasteiger partial charge in [0, 0.05) is 11.6 Å². The molecule has 4 rings (SSSR count). The fourth-order valence-corrected chi connectivity index (χ4v) is 4.01. The molecule has 8 heteroatoms. The van der Waals surface area contributed by atoms with Gasteiger partial charge >= 0.3 is 0 Å². The van der Waals surface area contributed by atoms with Crippen LogP contribution in [0.1, 0.15) is 17.2 Å². The lowest BCUT2D eigenvalue weighted by molar-refractivity contribution is -0.165. The highest BCUT2D eigenvalue weighted by atomic mass is 35.5. The molecule has 1 fully saturated rings. The van der Waals surface area contributed by atoms with Crippen molar-refractivity contribution in [2.75, 3.05) is 21.3 Å². The highest BCUT2D eigenvalue weighted by molar-refractivity contribution is 6.30. The topological polar surface area (TPSA) is 57.2 Å². The Morgan fingerprint density at radius 3 is 2.06 bits per heavy atom. The first kappa shape index (κ1) is 22.7. The molecule has 0 radical (unpaired) electrons. The van der Waals surface area contributed by atoms with Crippen LogP contribution in [0.2, 0.25) is 5.02 Å². The molecule has 172 valence electrons. The standard InChI is InChI=1S/C25H23ClFNO5/c1-30-20-12-16(13-21(31-2)23(20)32-3)22-24(33-19-10-6-17(26)7-11-19)25(29)28(22)14-15-4-8-18(27)9-5-15/h4-13,22,24H,14H2,1-3H3/t22-,24-/m0/s1. The molecule has 2 atom stereocenters. The van der Waals surface area contributed by atoms with Gasteiger partial charge in [0.05, 0.1) is 21.3 Å². The molecule has 1 saturated heterocycles. The Labute approximate surface area is 196 Å². The van der Waals surface area contributed by atoms with Gasteiger partial charge in [0.25, 0.3) is 5.91 Å². The molecule has 1 amide bonds. The summed E-state index contributed by atoms with van der Waals surface area (Å²) in [6, 6.07) is 16.0. The Morgan fingerprint density at radius 2 is 1.52 bits per heavy atom. The Bertz CT molecular complexity index is 1050. The maximum absolute atomic E-state index is 13.4. The highest BCUT2D eigenvalue weighted by Crippen LogP contribution is 2.45. The fourth-order valence-electron chi connectivity index (χ4n) is 3.88. The zero-order valence-electron chi connectivity index (χ0n) is 18.4. The molecule has 0 saturated carbocycles. The van der Waals surface area contributed by atoms with Crippen LogP contribution >= 0.6 is 11.6 Å². The first-order valence-corrected chi connectivity index (χ1v) is 10.6. The molecule has 3 aromatic carbocycles. The number of likely N-dealkylation sites (tertiary alicyclic amines) is 1. The van der Waals surface area contributed by atoms with E-state index >= 15 is 0 Å². The third-order valence-corrected chi connectivity index (χ3v) is 5.77. The van der Waals surface area contributed by atoms with Crippen LogP contribution in [0.5, 0.6) is 23.0 Å². The molecule has 0 spiro atoms. The van der Waals surface area contributed by atoms with E-state index in [4.69, 9.17) is 30.5 Å². The molecule has 6 nitrogen and oxygen atoms in total. The summed E-state index contributed by atoms with van der Waals surface area (Å²) in [6.07, 6.45) is -0.769. The van der Waals surface area contributed by atoms with Crippen molar-refractivity contribution < 1.29 is 28.1 Å². The number of ether oxygens (including phenoxy) is 4. The molecule has 3 aromatic rings. The van der Waals surface area contributed by atoms with E-state index in [9.17, 15) is 9.18 Å². The maximum Gasteiger partial charge on any atom is 0.267 e. The van der Waals surface area contributed by atoms with Gasteiger partial charge in [-0.05, 0) is 59.7 Å². The van der Waals surface area contributed by atoms with Crippen LogP contribution in [0.4, 0.5) is 4.39 Å². The minimum Gasteiger partial charge on any atom is -0.493 e. The number of hydrogen-bond acceptors (Lipinski definition) is 5. The average Bonchev–Trinajstić information content (AvgIpc) is 2.84. The minimum absolute atomic E-state index is 0.187. The summed E-state index contributed by atoms with van der Waals surface area (Å²) >= 11 is 5.97. The van der Waals surface area contributed by atoms with Gasteiger partial charge in [-0.1, -0.05) is 23.7 Å². The normalized spacial score (nSPS) is 17.4. The van der Waals surface area contributed by atoms with E-state index in [1.54, 1.807) is 53.4 Å². The van der Waals surface area contributed by atoms with Crippen molar-refractivity contribution in [2.24, 2.45) is 0 Å². The Morgan fingerprint density at radius 1 is 0.909 bits per heavy atom.